The molecule has 1 aromatic heterocycles. The molecule has 0 radical (unpaired) electrons. The van der Waals surface area contributed by atoms with Crippen LogP contribution >= 0.6 is 15.9 Å². The number of rotatable bonds is 3. The van der Waals surface area contributed by atoms with Gasteiger partial charge < -0.3 is 10.6 Å². The summed E-state index contributed by atoms with van der Waals surface area (Å²) < 4.78 is 1.06. The summed E-state index contributed by atoms with van der Waals surface area (Å²) in [5.41, 5.74) is 5.89. The maximum absolute atomic E-state index is 5.89. The Morgan fingerprint density at radius 2 is 2.24 bits per heavy atom. The molecule has 0 bridgehead atoms. The lowest BCUT2D eigenvalue weighted by Gasteiger charge is -2.38. The van der Waals surface area contributed by atoms with Gasteiger partial charge in [-0.2, -0.15) is 0 Å². The molecular weight excluding hydrogens is 278 g/mol. The van der Waals surface area contributed by atoms with E-state index in [1.807, 2.05) is 18.3 Å². The van der Waals surface area contributed by atoms with Crippen molar-refractivity contribution in [1.82, 2.24) is 4.98 Å². The van der Waals surface area contributed by atoms with Crippen LogP contribution in [0.2, 0.25) is 0 Å². The average molecular weight is 298 g/mol. The summed E-state index contributed by atoms with van der Waals surface area (Å²) in [5, 5.41) is 0. The molecule has 1 fully saturated rings. The van der Waals surface area contributed by atoms with Crippen LogP contribution in [-0.2, 0) is 0 Å². The van der Waals surface area contributed by atoms with E-state index in [0.717, 1.165) is 16.8 Å². The van der Waals surface area contributed by atoms with Crippen LogP contribution in [-0.4, -0.2) is 24.6 Å². The Morgan fingerprint density at radius 1 is 1.47 bits per heavy atom. The lowest BCUT2D eigenvalue weighted by atomic mass is 9.84. The van der Waals surface area contributed by atoms with Crippen LogP contribution in [0.5, 0.6) is 0 Å². The summed E-state index contributed by atoms with van der Waals surface area (Å²) >= 11 is 3.57. The molecule has 2 N–H and O–H groups in total. The molecule has 17 heavy (non-hydrogen) atoms. The topological polar surface area (TPSA) is 42.2 Å². The lowest BCUT2D eigenvalue weighted by molar-refractivity contribution is 0.305. The molecule has 2 rings (SSSR count). The van der Waals surface area contributed by atoms with E-state index in [9.17, 15) is 0 Å². The second kappa shape index (κ2) is 5.83. The molecule has 1 aromatic rings. The smallest absolute Gasteiger partial charge is 0.142 e. The zero-order valence-corrected chi connectivity index (χ0v) is 11.9. The van der Waals surface area contributed by atoms with Crippen LogP contribution in [0.25, 0.3) is 0 Å². The minimum Gasteiger partial charge on any atom is -0.355 e. The predicted octanol–water partition coefficient (Wildman–Crippen LogP) is 2.80. The summed E-state index contributed by atoms with van der Waals surface area (Å²) in [6, 6.07) is 4.52. The SMILES string of the molecule is CN(c1ncccc1Br)C1CCCCC1CN. The molecule has 94 valence electrons. The van der Waals surface area contributed by atoms with E-state index in [0.29, 0.717) is 12.0 Å². The maximum Gasteiger partial charge on any atom is 0.142 e. The fourth-order valence-electron chi connectivity index (χ4n) is 2.77. The molecule has 2 unspecified atom stereocenters. The summed E-state index contributed by atoms with van der Waals surface area (Å²) in [4.78, 5) is 6.75. The molecule has 1 heterocycles. The fraction of sp³-hybridized carbons (Fsp3) is 0.615. The van der Waals surface area contributed by atoms with Gasteiger partial charge in [0.2, 0.25) is 0 Å². The highest BCUT2D eigenvalue weighted by atomic mass is 79.9. The molecule has 1 aliphatic carbocycles. The number of hydrogen-bond donors (Lipinski definition) is 1. The highest BCUT2D eigenvalue weighted by molar-refractivity contribution is 9.10. The van der Waals surface area contributed by atoms with Gasteiger partial charge in [0.15, 0.2) is 0 Å². The number of halogens is 1. The number of pyridine rings is 1. The molecule has 2 atom stereocenters. The number of nitrogens with two attached hydrogens (primary N) is 1. The largest absolute Gasteiger partial charge is 0.355 e. The average Bonchev–Trinajstić information content (AvgIpc) is 2.38. The summed E-state index contributed by atoms with van der Waals surface area (Å²) in [6.07, 6.45) is 6.93. The molecule has 1 aliphatic rings. The van der Waals surface area contributed by atoms with Gasteiger partial charge in [-0.1, -0.05) is 12.8 Å². The van der Waals surface area contributed by atoms with Crippen LogP contribution in [0.15, 0.2) is 22.8 Å². The van der Waals surface area contributed by atoms with E-state index in [4.69, 9.17) is 5.73 Å². The fourth-order valence-corrected chi connectivity index (χ4v) is 3.30. The Hall–Kier alpha value is -0.610. The van der Waals surface area contributed by atoms with Crippen molar-refractivity contribution in [2.75, 3.05) is 18.5 Å². The van der Waals surface area contributed by atoms with Crippen molar-refractivity contribution in [1.29, 1.82) is 0 Å². The molecule has 0 aromatic carbocycles. The number of aromatic nitrogens is 1. The van der Waals surface area contributed by atoms with E-state index >= 15 is 0 Å². The van der Waals surface area contributed by atoms with Gasteiger partial charge in [0.05, 0.1) is 4.47 Å². The van der Waals surface area contributed by atoms with Crippen LogP contribution in [0.3, 0.4) is 0 Å². The summed E-state index contributed by atoms with van der Waals surface area (Å²) in [5.74, 6) is 1.63. The first kappa shape index (κ1) is 12.8. The van der Waals surface area contributed by atoms with E-state index in [-0.39, 0.29) is 0 Å². The third kappa shape index (κ3) is 2.80. The molecule has 0 aliphatic heterocycles. The van der Waals surface area contributed by atoms with Crippen molar-refractivity contribution >= 4 is 21.7 Å². The Morgan fingerprint density at radius 3 is 2.94 bits per heavy atom. The van der Waals surface area contributed by atoms with Crippen LogP contribution in [0.4, 0.5) is 5.82 Å². The van der Waals surface area contributed by atoms with E-state index in [1.54, 1.807) is 0 Å². The van der Waals surface area contributed by atoms with Crippen molar-refractivity contribution in [3.8, 4) is 0 Å². The number of hydrogen-bond acceptors (Lipinski definition) is 3. The van der Waals surface area contributed by atoms with Gasteiger partial charge in [-0.15, -0.1) is 0 Å². The first-order valence-electron chi connectivity index (χ1n) is 6.27. The molecule has 0 saturated heterocycles. The highest BCUT2D eigenvalue weighted by Gasteiger charge is 2.28. The number of anilines is 1. The first-order chi connectivity index (χ1) is 8.24. The zero-order valence-electron chi connectivity index (χ0n) is 10.3. The monoisotopic (exact) mass is 297 g/mol. The molecule has 0 spiro atoms. The van der Waals surface area contributed by atoms with Gasteiger partial charge in [-0.05, 0) is 53.4 Å². The summed E-state index contributed by atoms with van der Waals surface area (Å²) in [6.45, 7) is 0.777. The minimum absolute atomic E-state index is 0.528. The quantitative estimate of drug-likeness (QED) is 0.933. The van der Waals surface area contributed by atoms with Crippen molar-refractivity contribution in [2.24, 2.45) is 11.7 Å². The van der Waals surface area contributed by atoms with Gasteiger partial charge in [0.1, 0.15) is 5.82 Å². The second-order valence-electron chi connectivity index (χ2n) is 4.77. The van der Waals surface area contributed by atoms with Gasteiger partial charge in [-0.3, -0.25) is 0 Å². The molecule has 3 nitrogen and oxygen atoms in total. The molecule has 1 saturated carbocycles. The van der Waals surface area contributed by atoms with Crippen molar-refractivity contribution in [2.45, 2.75) is 31.7 Å². The third-order valence-electron chi connectivity index (χ3n) is 3.74. The second-order valence-corrected chi connectivity index (χ2v) is 5.62. The molecule has 4 heteroatoms. The van der Waals surface area contributed by atoms with Gasteiger partial charge >= 0.3 is 0 Å². The summed E-state index contributed by atoms with van der Waals surface area (Å²) in [7, 11) is 2.13. The van der Waals surface area contributed by atoms with Crippen LogP contribution < -0.4 is 10.6 Å². The predicted molar refractivity (Wildman–Crippen MR) is 75.1 cm³/mol. The van der Waals surface area contributed by atoms with Crippen molar-refractivity contribution in [3.05, 3.63) is 22.8 Å². The Kier molecular flexibility index (Phi) is 4.40. The van der Waals surface area contributed by atoms with E-state index in [1.165, 1.54) is 25.7 Å². The van der Waals surface area contributed by atoms with Crippen molar-refractivity contribution in [3.63, 3.8) is 0 Å². The van der Waals surface area contributed by atoms with Gasteiger partial charge in [0, 0.05) is 19.3 Å². The Balaban J connectivity index is 2.18. The van der Waals surface area contributed by atoms with Gasteiger partial charge in [-0.25, -0.2) is 4.98 Å². The lowest BCUT2D eigenvalue weighted by Crippen LogP contribution is -2.43. The molecule has 0 amide bonds. The molecular formula is C13H20BrN3. The number of nitrogens with zero attached hydrogens (tertiary/aromatic N) is 2. The van der Waals surface area contributed by atoms with Crippen LogP contribution in [0, 0.1) is 5.92 Å². The van der Waals surface area contributed by atoms with E-state index < -0.39 is 0 Å². The zero-order chi connectivity index (χ0) is 12.3. The minimum atomic E-state index is 0.528. The van der Waals surface area contributed by atoms with Gasteiger partial charge in [0.25, 0.3) is 0 Å². The standard InChI is InChI=1S/C13H20BrN3/c1-17(13-11(14)6-4-8-16-13)12-7-3-2-5-10(12)9-15/h4,6,8,10,12H,2-3,5,7,9,15H2,1H3. The maximum atomic E-state index is 5.89. The third-order valence-corrected chi connectivity index (χ3v) is 4.36. The normalized spacial score (nSPS) is 24.6. The van der Waals surface area contributed by atoms with Crippen molar-refractivity contribution < 1.29 is 0 Å². The Labute approximate surface area is 112 Å². The Bertz CT molecular complexity index is 369. The first-order valence-corrected chi connectivity index (χ1v) is 7.06. The van der Waals surface area contributed by atoms with Crippen LogP contribution in [0.1, 0.15) is 25.7 Å². The van der Waals surface area contributed by atoms with E-state index in [2.05, 4.69) is 32.9 Å². The highest BCUT2D eigenvalue weighted by Crippen LogP contribution is 2.32.